The Morgan fingerprint density at radius 1 is 1.50 bits per heavy atom. The van der Waals surface area contributed by atoms with Gasteiger partial charge in [-0.3, -0.25) is 0 Å². The van der Waals surface area contributed by atoms with Crippen molar-refractivity contribution in [2.45, 2.75) is 26.8 Å². The number of ether oxygens (including phenoxy) is 1. The van der Waals surface area contributed by atoms with Crippen LogP contribution < -0.4 is 10.2 Å². The predicted molar refractivity (Wildman–Crippen MR) is 58.3 cm³/mol. The van der Waals surface area contributed by atoms with Gasteiger partial charge in [0.1, 0.15) is 5.75 Å². The van der Waals surface area contributed by atoms with Gasteiger partial charge in [0, 0.05) is 0 Å². The molecule has 0 bridgehead atoms. The van der Waals surface area contributed by atoms with Crippen LogP contribution in [0.1, 0.15) is 18.9 Å². The maximum absolute atomic E-state index is 5.57. The van der Waals surface area contributed by atoms with E-state index in [0.29, 0.717) is 0 Å². The molecular formula is C11H15BO2. The van der Waals surface area contributed by atoms with Crippen LogP contribution in [0.2, 0.25) is 6.82 Å². The van der Waals surface area contributed by atoms with Gasteiger partial charge in [-0.1, -0.05) is 19.8 Å². The highest BCUT2D eigenvalue weighted by Crippen LogP contribution is 2.16. The summed E-state index contributed by atoms with van der Waals surface area (Å²) in [6.45, 7) is 5.93. The average Bonchev–Trinajstić information content (AvgIpc) is 2.57. The van der Waals surface area contributed by atoms with Gasteiger partial charge in [-0.15, -0.1) is 0 Å². The normalized spacial score (nSPS) is 14.3. The first-order valence-electron chi connectivity index (χ1n) is 5.18. The number of hydrogen-bond acceptors (Lipinski definition) is 2. The summed E-state index contributed by atoms with van der Waals surface area (Å²) in [5.41, 5.74) is 2.57. The largest absolute Gasteiger partial charge is 0.494 e. The zero-order chi connectivity index (χ0) is 9.97. The summed E-state index contributed by atoms with van der Waals surface area (Å²) in [5.74, 6) is 0.961. The Balaban J connectivity index is 2.17. The van der Waals surface area contributed by atoms with Gasteiger partial charge in [0.05, 0.1) is 13.2 Å². The van der Waals surface area contributed by atoms with Crippen molar-refractivity contribution < 1.29 is 9.39 Å². The maximum atomic E-state index is 5.57. The van der Waals surface area contributed by atoms with Crippen molar-refractivity contribution in [3.8, 4) is 5.75 Å². The number of benzene rings is 1. The minimum Gasteiger partial charge on any atom is -0.494 e. The van der Waals surface area contributed by atoms with Crippen LogP contribution in [0.15, 0.2) is 18.2 Å². The van der Waals surface area contributed by atoms with E-state index in [1.165, 1.54) is 11.0 Å². The van der Waals surface area contributed by atoms with Crippen molar-refractivity contribution in [3.63, 3.8) is 0 Å². The molecule has 0 fully saturated rings. The molecular weight excluding hydrogens is 175 g/mol. The highest BCUT2D eigenvalue weighted by atomic mass is 16.5. The van der Waals surface area contributed by atoms with Gasteiger partial charge in [-0.05, 0) is 29.6 Å². The molecule has 1 heterocycles. The predicted octanol–water partition coefficient (Wildman–Crippen LogP) is 1.83. The second-order valence-corrected chi connectivity index (χ2v) is 3.66. The van der Waals surface area contributed by atoms with E-state index in [9.17, 15) is 0 Å². The van der Waals surface area contributed by atoms with Crippen molar-refractivity contribution >= 4 is 12.4 Å². The molecule has 0 amide bonds. The zero-order valence-corrected chi connectivity index (χ0v) is 8.75. The van der Waals surface area contributed by atoms with Crippen molar-refractivity contribution in [2.24, 2.45) is 0 Å². The second-order valence-electron chi connectivity index (χ2n) is 3.66. The molecule has 0 saturated heterocycles. The van der Waals surface area contributed by atoms with Gasteiger partial charge < -0.3 is 9.39 Å². The number of hydrogen-bond donors (Lipinski definition) is 0. The third kappa shape index (κ3) is 1.78. The van der Waals surface area contributed by atoms with Crippen LogP contribution >= 0.6 is 0 Å². The highest BCUT2D eigenvalue weighted by Gasteiger charge is 2.23. The van der Waals surface area contributed by atoms with Gasteiger partial charge in [-0.2, -0.15) is 0 Å². The van der Waals surface area contributed by atoms with E-state index in [1.807, 2.05) is 6.07 Å². The molecule has 14 heavy (non-hydrogen) atoms. The van der Waals surface area contributed by atoms with Crippen LogP contribution in [0.5, 0.6) is 5.75 Å². The Hall–Kier alpha value is -0.955. The fraction of sp³-hybridized carbons (Fsp3) is 0.455. The Labute approximate surface area is 85.3 Å². The molecule has 0 aliphatic carbocycles. The molecule has 1 aliphatic rings. The van der Waals surface area contributed by atoms with E-state index in [-0.39, 0.29) is 6.92 Å². The number of fused-ring (bicyclic) bond motifs is 1. The molecule has 3 heteroatoms. The molecule has 0 atom stereocenters. The van der Waals surface area contributed by atoms with Gasteiger partial charge in [0.15, 0.2) is 0 Å². The molecule has 0 aromatic heterocycles. The Kier molecular flexibility index (Phi) is 2.78. The summed E-state index contributed by atoms with van der Waals surface area (Å²) in [4.78, 5) is 0. The summed E-state index contributed by atoms with van der Waals surface area (Å²) in [6.07, 6.45) is 1.04. The van der Waals surface area contributed by atoms with E-state index >= 15 is 0 Å². The molecule has 0 unspecified atom stereocenters. The van der Waals surface area contributed by atoms with Crippen LogP contribution in [0, 0.1) is 0 Å². The molecule has 2 rings (SSSR count). The zero-order valence-electron chi connectivity index (χ0n) is 8.75. The van der Waals surface area contributed by atoms with E-state index in [2.05, 4.69) is 25.9 Å². The highest BCUT2D eigenvalue weighted by molar-refractivity contribution is 6.67. The first-order valence-corrected chi connectivity index (χ1v) is 5.18. The van der Waals surface area contributed by atoms with Crippen LogP contribution in [0.4, 0.5) is 0 Å². The maximum Gasteiger partial charge on any atom is 0.324 e. The lowest BCUT2D eigenvalue weighted by Crippen LogP contribution is -2.24. The van der Waals surface area contributed by atoms with Crippen molar-refractivity contribution in [1.82, 2.24) is 0 Å². The first-order chi connectivity index (χ1) is 6.81. The van der Waals surface area contributed by atoms with Gasteiger partial charge in [-0.25, -0.2) is 0 Å². The molecule has 0 radical (unpaired) electrons. The lowest BCUT2D eigenvalue weighted by atomic mass is 9.64. The quantitative estimate of drug-likeness (QED) is 0.677. The fourth-order valence-electron chi connectivity index (χ4n) is 1.70. The van der Waals surface area contributed by atoms with Gasteiger partial charge in [0.25, 0.3) is 0 Å². The standard InChI is InChI=1S/C11H15BO2/c1-3-6-13-10-5-4-9-8-14-12(2)11(9)7-10/h4-5,7H,3,6,8H2,1-2H3. The number of rotatable bonds is 3. The SMILES string of the molecule is CCCOc1ccc2c(c1)B(C)OC2. The summed E-state index contributed by atoms with van der Waals surface area (Å²) < 4.78 is 11.1. The van der Waals surface area contributed by atoms with Crippen LogP contribution in [0.25, 0.3) is 0 Å². The Bertz CT molecular complexity index is 325. The van der Waals surface area contributed by atoms with E-state index in [1.54, 1.807) is 0 Å². The molecule has 0 N–H and O–H groups in total. The third-order valence-corrected chi connectivity index (χ3v) is 2.52. The van der Waals surface area contributed by atoms with Gasteiger partial charge in [0.2, 0.25) is 0 Å². The molecule has 0 saturated carbocycles. The topological polar surface area (TPSA) is 18.5 Å². The molecule has 74 valence electrons. The smallest absolute Gasteiger partial charge is 0.324 e. The molecule has 2 nitrogen and oxygen atoms in total. The third-order valence-electron chi connectivity index (χ3n) is 2.52. The summed E-state index contributed by atoms with van der Waals surface area (Å²) in [6, 6.07) is 6.22. The Morgan fingerprint density at radius 2 is 2.36 bits per heavy atom. The van der Waals surface area contributed by atoms with Crippen LogP contribution in [-0.2, 0) is 11.3 Å². The lowest BCUT2D eigenvalue weighted by molar-refractivity contribution is 0.317. The van der Waals surface area contributed by atoms with E-state index in [0.717, 1.165) is 25.4 Å². The fourth-order valence-corrected chi connectivity index (χ4v) is 1.70. The average molecular weight is 190 g/mol. The minimum atomic E-state index is 0.218. The molecule has 0 spiro atoms. The summed E-state index contributed by atoms with van der Waals surface area (Å²) in [7, 11) is 0. The lowest BCUT2D eigenvalue weighted by Gasteiger charge is -2.06. The van der Waals surface area contributed by atoms with Gasteiger partial charge >= 0.3 is 6.92 Å². The molecule has 1 aromatic rings. The van der Waals surface area contributed by atoms with Crippen LogP contribution in [-0.4, -0.2) is 13.5 Å². The second kappa shape index (κ2) is 4.05. The van der Waals surface area contributed by atoms with E-state index < -0.39 is 0 Å². The van der Waals surface area contributed by atoms with E-state index in [4.69, 9.17) is 9.39 Å². The van der Waals surface area contributed by atoms with Crippen molar-refractivity contribution in [1.29, 1.82) is 0 Å². The molecule has 1 aliphatic heterocycles. The van der Waals surface area contributed by atoms with Crippen molar-refractivity contribution in [3.05, 3.63) is 23.8 Å². The summed E-state index contributed by atoms with van der Waals surface area (Å²) >= 11 is 0. The monoisotopic (exact) mass is 190 g/mol. The Morgan fingerprint density at radius 3 is 3.14 bits per heavy atom. The minimum absolute atomic E-state index is 0.218. The van der Waals surface area contributed by atoms with Crippen molar-refractivity contribution in [2.75, 3.05) is 6.61 Å². The first kappa shape index (κ1) is 9.59. The molecule has 1 aromatic carbocycles. The van der Waals surface area contributed by atoms with Crippen LogP contribution in [0.3, 0.4) is 0 Å². The summed E-state index contributed by atoms with van der Waals surface area (Å²) in [5, 5.41) is 0.